The summed E-state index contributed by atoms with van der Waals surface area (Å²) in [7, 11) is 1.70. The molecule has 0 aliphatic carbocycles. The van der Waals surface area contributed by atoms with Crippen LogP contribution >= 0.6 is 0 Å². The zero-order valence-electron chi connectivity index (χ0n) is 12.8. The summed E-state index contributed by atoms with van der Waals surface area (Å²) in [6.45, 7) is 8.98. The first-order chi connectivity index (χ1) is 8.67. The molecule has 0 saturated heterocycles. The van der Waals surface area contributed by atoms with Gasteiger partial charge in [-0.3, -0.25) is 0 Å². The fourth-order valence-electron chi connectivity index (χ4n) is 1.81. The molecule has 0 fully saturated rings. The quantitative estimate of drug-likeness (QED) is 0.649. The highest BCUT2D eigenvalue weighted by Gasteiger charge is 1.93. The zero-order chi connectivity index (χ0) is 13.8. The third-order valence-corrected chi connectivity index (χ3v) is 3.15. The summed E-state index contributed by atoms with van der Waals surface area (Å²) in [6.07, 6.45) is 6.41. The van der Waals surface area contributed by atoms with E-state index in [9.17, 15) is 0 Å². The van der Waals surface area contributed by atoms with Gasteiger partial charge in [-0.1, -0.05) is 65.5 Å². The van der Waals surface area contributed by atoms with Gasteiger partial charge in [0.2, 0.25) is 0 Å². The van der Waals surface area contributed by atoms with Crippen LogP contribution in [0.15, 0.2) is 24.3 Å². The summed E-state index contributed by atoms with van der Waals surface area (Å²) in [4.78, 5) is 0. The molecule has 0 amide bonds. The van der Waals surface area contributed by atoms with Crippen LogP contribution < -0.4 is 4.74 Å². The summed E-state index contributed by atoms with van der Waals surface area (Å²) in [5, 5.41) is 0. The lowest BCUT2D eigenvalue weighted by atomic mass is 10.0. The Labute approximate surface area is 114 Å². The molecule has 1 unspecified atom stereocenters. The number of aryl methyl sites for hydroxylation is 1. The van der Waals surface area contributed by atoms with E-state index in [1.54, 1.807) is 7.11 Å². The molecule has 0 aliphatic rings. The van der Waals surface area contributed by atoms with Crippen molar-refractivity contribution in [1.82, 2.24) is 0 Å². The van der Waals surface area contributed by atoms with E-state index in [0.29, 0.717) is 0 Å². The van der Waals surface area contributed by atoms with Crippen molar-refractivity contribution in [2.45, 2.75) is 59.8 Å². The van der Waals surface area contributed by atoms with Gasteiger partial charge in [0.25, 0.3) is 0 Å². The van der Waals surface area contributed by atoms with Gasteiger partial charge in [-0.05, 0) is 30.0 Å². The van der Waals surface area contributed by atoms with Crippen molar-refractivity contribution < 1.29 is 4.74 Å². The summed E-state index contributed by atoms with van der Waals surface area (Å²) in [6, 6.07) is 8.22. The number of rotatable bonds is 6. The van der Waals surface area contributed by atoms with Crippen LogP contribution in [0.3, 0.4) is 0 Å². The smallest absolute Gasteiger partial charge is 0.119 e. The Morgan fingerprint density at radius 3 is 2.28 bits per heavy atom. The molecular weight excluding hydrogens is 220 g/mol. The van der Waals surface area contributed by atoms with Crippen LogP contribution in [0.5, 0.6) is 5.75 Å². The Bertz CT molecular complexity index is 293. The van der Waals surface area contributed by atoms with E-state index in [4.69, 9.17) is 4.74 Å². The first-order valence-electron chi connectivity index (χ1n) is 7.30. The maximum Gasteiger partial charge on any atom is 0.119 e. The maximum absolute atomic E-state index is 5.10. The second kappa shape index (κ2) is 11.1. The first-order valence-corrected chi connectivity index (χ1v) is 7.30. The van der Waals surface area contributed by atoms with Crippen molar-refractivity contribution in [3.8, 4) is 5.75 Å². The Balaban J connectivity index is 0.000000360. The highest BCUT2D eigenvalue weighted by Crippen LogP contribution is 2.13. The number of ether oxygens (including phenoxy) is 1. The van der Waals surface area contributed by atoms with Crippen molar-refractivity contribution in [3.63, 3.8) is 0 Å². The predicted molar refractivity (Wildman–Crippen MR) is 81.4 cm³/mol. The normalized spacial score (nSPS) is 11.4. The van der Waals surface area contributed by atoms with Crippen molar-refractivity contribution in [2.75, 3.05) is 7.11 Å². The maximum atomic E-state index is 5.10. The molecule has 1 heteroatoms. The van der Waals surface area contributed by atoms with Gasteiger partial charge in [-0.2, -0.15) is 0 Å². The SMILES string of the molecule is CCCC(C)CC.CCCc1cccc(OC)c1. The monoisotopic (exact) mass is 250 g/mol. The zero-order valence-corrected chi connectivity index (χ0v) is 12.8. The Morgan fingerprint density at radius 2 is 1.83 bits per heavy atom. The fraction of sp³-hybridized carbons (Fsp3) is 0.647. The lowest BCUT2D eigenvalue weighted by Crippen LogP contribution is -1.88. The minimum atomic E-state index is 0.949. The largest absolute Gasteiger partial charge is 0.497 e. The molecule has 104 valence electrons. The standard InChI is InChI=1S/C10H14O.C7H16/c1-3-5-9-6-4-7-10(8-9)11-2;1-4-6-7(3)5-2/h4,6-8H,3,5H2,1-2H3;7H,4-6H2,1-3H3. The van der Waals surface area contributed by atoms with Crippen molar-refractivity contribution >= 4 is 0 Å². The molecule has 0 bridgehead atoms. The topological polar surface area (TPSA) is 9.23 Å². The fourth-order valence-corrected chi connectivity index (χ4v) is 1.81. The van der Waals surface area contributed by atoms with E-state index in [-0.39, 0.29) is 0 Å². The molecule has 1 rings (SSSR count). The molecule has 0 N–H and O–H groups in total. The van der Waals surface area contributed by atoms with Gasteiger partial charge in [-0.25, -0.2) is 0 Å². The summed E-state index contributed by atoms with van der Waals surface area (Å²) >= 11 is 0. The van der Waals surface area contributed by atoms with Crippen LogP contribution in [-0.2, 0) is 6.42 Å². The van der Waals surface area contributed by atoms with Crippen LogP contribution in [-0.4, -0.2) is 7.11 Å². The summed E-state index contributed by atoms with van der Waals surface area (Å²) < 4.78 is 5.10. The Morgan fingerprint density at radius 1 is 1.11 bits per heavy atom. The molecule has 1 nitrogen and oxygen atoms in total. The van der Waals surface area contributed by atoms with Gasteiger partial charge in [0.05, 0.1) is 7.11 Å². The summed E-state index contributed by atoms with van der Waals surface area (Å²) in [5.41, 5.74) is 1.35. The van der Waals surface area contributed by atoms with E-state index < -0.39 is 0 Å². The molecule has 1 atom stereocenters. The number of methoxy groups -OCH3 is 1. The molecule has 0 saturated carbocycles. The van der Waals surface area contributed by atoms with E-state index in [1.165, 1.54) is 31.2 Å². The highest BCUT2D eigenvalue weighted by atomic mass is 16.5. The summed E-state index contributed by atoms with van der Waals surface area (Å²) in [5.74, 6) is 1.90. The number of hydrogen-bond acceptors (Lipinski definition) is 1. The minimum Gasteiger partial charge on any atom is -0.497 e. The molecule has 18 heavy (non-hydrogen) atoms. The Kier molecular flexibility index (Phi) is 10.5. The van der Waals surface area contributed by atoms with Crippen LogP contribution in [0.25, 0.3) is 0 Å². The van der Waals surface area contributed by atoms with Crippen molar-refractivity contribution in [2.24, 2.45) is 5.92 Å². The van der Waals surface area contributed by atoms with Gasteiger partial charge < -0.3 is 4.74 Å². The molecule has 0 radical (unpaired) electrons. The van der Waals surface area contributed by atoms with Crippen LogP contribution in [0, 0.1) is 5.92 Å². The highest BCUT2D eigenvalue weighted by molar-refractivity contribution is 5.28. The second-order valence-electron chi connectivity index (χ2n) is 4.90. The van der Waals surface area contributed by atoms with Crippen molar-refractivity contribution in [1.29, 1.82) is 0 Å². The lowest BCUT2D eigenvalue weighted by molar-refractivity contribution is 0.414. The predicted octanol–water partition coefficient (Wildman–Crippen LogP) is 5.48. The van der Waals surface area contributed by atoms with Gasteiger partial charge in [0.15, 0.2) is 0 Å². The average molecular weight is 250 g/mol. The van der Waals surface area contributed by atoms with E-state index >= 15 is 0 Å². The van der Waals surface area contributed by atoms with E-state index in [1.807, 2.05) is 12.1 Å². The molecular formula is C17H30O. The molecule has 0 spiro atoms. The van der Waals surface area contributed by atoms with Crippen molar-refractivity contribution in [3.05, 3.63) is 29.8 Å². The molecule has 0 aliphatic heterocycles. The van der Waals surface area contributed by atoms with Crippen LogP contribution in [0.4, 0.5) is 0 Å². The average Bonchev–Trinajstić information content (AvgIpc) is 2.40. The third-order valence-electron chi connectivity index (χ3n) is 3.15. The van der Waals surface area contributed by atoms with Gasteiger partial charge >= 0.3 is 0 Å². The molecule has 0 heterocycles. The van der Waals surface area contributed by atoms with E-state index in [2.05, 4.69) is 39.8 Å². The molecule has 1 aromatic carbocycles. The molecule has 1 aromatic rings. The van der Waals surface area contributed by atoms with Crippen LogP contribution in [0.1, 0.15) is 58.9 Å². The second-order valence-corrected chi connectivity index (χ2v) is 4.90. The lowest BCUT2D eigenvalue weighted by Gasteiger charge is -2.02. The van der Waals surface area contributed by atoms with Gasteiger partial charge in [0, 0.05) is 0 Å². The van der Waals surface area contributed by atoms with Gasteiger partial charge in [0.1, 0.15) is 5.75 Å². The Hall–Kier alpha value is -0.980. The molecule has 0 aromatic heterocycles. The third kappa shape index (κ3) is 8.16. The van der Waals surface area contributed by atoms with E-state index in [0.717, 1.165) is 18.1 Å². The number of hydrogen-bond donors (Lipinski definition) is 0. The number of benzene rings is 1. The first kappa shape index (κ1) is 17.0. The minimum absolute atomic E-state index is 0.949. The van der Waals surface area contributed by atoms with Crippen LogP contribution in [0.2, 0.25) is 0 Å². The van der Waals surface area contributed by atoms with Gasteiger partial charge in [-0.15, -0.1) is 0 Å².